The summed E-state index contributed by atoms with van der Waals surface area (Å²) in [6.07, 6.45) is -5.79. The largest absolute Gasteiger partial charge is 0.460 e. The Kier molecular flexibility index (Phi) is 28.8. The highest BCUT2D eigenvalue weighted by atomic mass is 32.2. The summed E-state index contributed by atoms with van der Waals surface area (Å²) in [6.45, 7) is 4.78. The van der Waals surface area contributed by atoms with E-state index in [0.717, 1.165) is 4.90 Å². The maximum Gasteiger partial charge on any atom is 0.311 e. The number of hydrogen-bond donors (Lipinski definition) is 8. The molecule has 0 aromatic heterocycles. The van der Waals surface area contributed by atoms with Gasteiger partial charge >= 0.3 is 5.97 Å². The molecule has 76 heavy (non-hydrogen) atoms. The van der Waals surface area contributed by atoms with Crippen LogP contribution in [0.2, 0.25) is 0 Å². The van der Waals surface area contributed by atoms with Crippen molar-refractivity contribution in [2.75, 3.05) is 103 Å². The maximum atomic E-state index is 13.0. The van der Waals surface area contributed by atoms with Gasteiger partial charge in [0.2, 0.25) is 24.0 Å². The summed E-state index contributed by atoms with van der Waals surface area (Å²) >= 11 is 0. The fourth-order valence-electron chi connectivity index (χ4n) is 6.85. The van der Waals surface area contributed by atoms with E-state index in [2.05, 4.69) is 16.0 Å². The number of hydrogen-bond acceptors (Lipinski definition) is 22. The Morgan fingerprint density at radius 2 is 1.37 bits per heavy atom. The van der Waals surface area contributed by atoms with E-state index >= 15 is 0 Å². The SMILES string of the molecule is CC(C)(C)C(=O)OCc1ccc(O[C@@H]2O[C@H](CO)[C@H](O)[C@H](O)[C@H]2O)c(NC(=O)CCNC(=O)COCCNC(=O)C(CC(=O)CCOCCOCCOCCOCCCC(=O)CCN2C(=O)C=CC2=O)CS(=O)(=O)O)c1. The quantitative estimate of drug-likeness (QED) is 0.0155. The topological polar surface area (TPSA) is 385 Å². The van der Waals surface area contributed by atoms with Crippen LogP contribution in [0.15, 0.2) is 30.4 Å². The Labute approximate surface area is 439 Å². The molecule has 1 saturated heterocycles. The van der Waals surface area contributed by atoms with Crippen LogP contribution in [0.3, 0.4) is 0 Å². The average Bonchev–Trinajstić information content (AvgIpc) is 3.68. The summed E-state index contributed by atoms with van der Waals surface area (Å²) in [6, 6.07) is 4.30. The number of aliphatic hydroxyl groups is 4. The summed E-state index contributed by atoms with van der Waals surface area (Å²) in [5, 5.41) is 47.9. The smallest absolute Gasteiger partial charge is 0.311 e. The standard InChI is InChI=1S/C48H72N4O23S/c1-48(2,3)47(64)73-28-31-6-7-36(74-46-44(62)43(61)42(60)37(27-53)75-46)35(25-31)51-38(56)10-13-49-39(57)29-72-18-14-50-45(63)32(30-76(65,66)67)26-34(55)12-17-69-20-22-71-24-23-70-21-19-68-16-4-5-33(54)11-15-52-40(58)8-9-41(52)59/h6-9,25,32,37,42-44,46,53,60-62H,4-5,10-24,26-30H2,1-3H3,(H,49,57)(H,50,63)(H,51,56)(H,65,66,67)/t32?,37-,42+,43+,44-,46-/m1/s1. The number of imide groups is 1. The van der Waals surface area contributed by atoms with Gasteiger partial charge in [-0.3, -0.25) is 47.8 Å². The van der Waals surface area contributed by atoms with Crippen LogP contribution in [0.5, 0.6) is 5.75 Å². The number of benzene rings is 1. The lowest BCUT2D eigenvalue weighted by atomic mass is 9.97. The molecule has 5 amide bonds. The Hall–Kier alpha value is -5.37. The third kappa shape index (κ3) is 25.2. The molecular weight excluding hydrogens is 1030 g/mol. The van der Waals surface area contributed by atoms with Gasteiger partial charge in [-0.2, -0.15) is 8.42 Å². The predicted octanol–water partition coefficient (Wildman–Crippen LogP) is -1.88. The molecule has 0 saturated carbocycles. The number of aliphatic hydroxyl groups excluding tert-OH is 4. The van der Waals surface area contributed by atoms with Gasteiger partial charge in [0.15, 0.2) is 0 Å². The molecule has 1 aromatic rings. The minimum atomic E-state index is -4.66. The molecule has 3 rings (SSSR count). The molecule has 2 aliphatic heterocycles. The molecule has 8 N–H and O–H groups in total. The molecular formula is C48H72N4O23S. The van der Waals surface area contributed by atoms with Gasteiger partial charge in [0.25, 0.3) is 21.9 Å². The van der Waals surface area contributed by atoms with E-state index in [-0.39, 0.29) is 109 Å². The van der Waals surface area contributed by atoms with Crippen LogP contribution >= 0.6 is 0 Å². The van der Waals surface area contributed by atoms with Crippen molar-refractivity contribution in [1.82, 2.24) is 15.5 Å². The van der Waals surface area contributed by atoms with Gasteiger partial charge in [0.1, 0.15) is 54.9 Å². The molecule has 1 unspecified atom stereocenters. The van der Waals surface area contributed by atoms with E-state index in [1.165, 1.54) is 30.4 Å². The number of esters is 1. The summed E-state index contributed by atoms with van der Waals surface area (Å²) in [5.74, 6) is -6.59. The Morgan fingerprint density at radius 1 is 0.737 bits per heavy atom. The molecule has 0 bridgehead atoms. The number of amides is 5. The van der Waals surface area contributed by atoms with E-state index < -0.39 is 119 Å². The number of carbonyl (C=O) groups is 8. The van der Waals surface area contributed by atoms with Crippen LogP contribution in [0.4, 0.5) is 5.69 Å². The third-order valence-corrected chi connectivity index (χ3v) is 11.8. The van der Waals surface area contributed by atoms with Crippen LogP contribution in [-0.4, -0.2) is 214 Å². The first-order valence-corrected chi connectivity index (χ1v) is 26.1. The lowest BCUT2D eigenvalue weighted by Gasteiger charge is -2.39. The average molecular weight is 1110 g/mol. The normalized spacial score (nSPS) is 19.1. The van der Waals surface area contributed by atoms with Crippen molar-refractivity contribution in [2.45, 2.75) is 96.6 Å². The minimum absolute atomic E-state index is 0.0192. The van der Waals surface area contributed by atoms with Crippen molar-refractivity contribution in [3.05, 3.63) is 35.9 Å². The van der Waals surface area contributed by atoms with Crippen LogP contribution in [-0.2, 0) is 88.2 Å². The van der Waals surface area contributed by atoms with Crippen molar-refractivity contribution < 1.29 is 110 Å². The number of nitrogens with zero attached hydrogens (tertiary/aromatic N) is 1. The highest BCUT2D eigenvalue weighted by Gasteiger charge is 2.45. The van der Waals surface area contributed by atoms with Crippen molar-refractivity contribution in [3.8, 4) is 5.75 Å². The Bertz CT molecular complexity index is 2200. The molecule has 28 heteroatoms. The molecule has 27 nitrogen and oxygen atoms in total. The lowest BCUT2D eigenvalue weighted by molar-refractivity contribution is -0.277. The molecule has 0 radical (unpaired) electrons. The van der Waals surface area contributed by atoms with Gasteiger partial charge in [0, 0.05) is 70.5 Å². The number of rotatable bonds is 38. The molecule has 1 aromatic carbocycles. The predicted molar refractivity (Wildman–Crippen MR) is 262 cm³/mol. The third-order valence-electron chi connectivity index (χ3n) is 11.0. The summed E-state index contributed by atoms with van der Waals surface area (Å²) in [5.41, 5.74) is -0.357. The highest BCUT2D eigenvalue weighted by Crippen LogP contribution is 2.31. The van der Waals surface area contributed by atoms with Gasteiger partial charge in [-0.15, -0.1) is 0 Å². The van der Waals surface area contributed by atoms with Gasteiger partial charge in [-0.05, 0) is 44.9 Å². The zero-order valence-electron chi connectivity index (χ0n) is 42.8. The van der Waals surface area contributed by atoms with Crippen LogP contribution in [0.25, 0.3) is 0 Å². The molecule has 6 atom stereocenters. The fourth-order valence-corrected chi connectivity index (χ4v) is 7.63. The van der Waals surface area contributed by atoms with E-state index in [4.69, 9.17) is 37.9 Å². The second-order valence-electron chi connectivity index (χ2n) is 18.4. The summed E-state index contributed by atoms with van der Waals surface area (Å²) in [4.78, 5) is 99.3. The number of carbonyl (C=O) groups excluding carboxylic acids is 8. The minimum Gasteiger partial charge on any atom is -0.460 e. The molecule has 0 aliphatic carbocycles. The van der Waals surface area contributed by atoms with Gasteiger partial charge in [-0.25, -0.2) is 0 Å². The van der Waals surface area contributed by atoms with Crippen molar-refractivity contribution >= 4 is 62.9 Å². The van der Waals surface area contributed by atoms with E-state index in [1.54, 1.807) is 20.8 Å². The Balaban J connectivity index is 1.27. The maximum absolute atomic E-state index is 13.0. The Morgan fingerprint density at radius 3 is 1.99 bits per heavy atom. The number of anilines is 1. The number of ether oxygens (including phenoxy) is 8. The van der Waals surface area contributed by atoms with Gasteiger partial charge in [-0.1, -0.05) is 6.07 Å². The number of Topliss-reactive ketones (excluding diaryl/α,β-unsaturated/α-hetero) is 2. The monoisotopic (exact) mass is 1100 g/mol. The van der Waals surface area contributed by atoms with Crippen LogP contribution in [0.1, 0.15) is 64.9 Å². The number of ketones is 2. The molecule has 2 heterocycles. The molecule has 1 fully saturated rings. The molecule has 2 aliphatic rings. The van der Waals surface area contributed by atoms with Gasteiger partial charge < -0.3 is 74.3 Å². The second-order valence-corrected chi connectivity index (χ2v) is 19.9. The second kappa shape index (κ2) is 33.7. The van der Waals surface area contributed by atoms with Crippen LogP contribution < -0.4 is 20.7 Å². The first kappa shape index (κ1) is 64.9. The van der Waals surface area contributed by atoms with Crippen LogP contribution in [0, 0.1) is 11.3 Å². The van der Waals surface area contributed by atoms with Gasteiger partial charge in [0.05, 0.1) is 82.2 Å². The van der Waals surface area contributed by atoms with Crippen molar-refractivity contribution in [1.29, 1.82) is 0 Å². The molecule has 428 valence electrons. The zero-order valence-corrected chi connectivity index (χ0v) is 43.7. The first-order chi connectivity index (χ1) is 36.0. The van der Waals surface area contributed by atoms with Crippen molar-refractivity contribution in [3.63, 3.8) is 0 Å². The zero-order chi connectivity index (χ0) is 56.3. The number of nitrogens with one attached hydrogen (secondary N) is 3. The summed E-state index contributed by atoms with van der Waals surface area (Å²) < 4.78 is 76.1. The van der Waals surface area contributed by atoms with Crippen molar-refractivity contribution in [2.24, 2.45) is 11.3 Å². The van der Waals surface area contributed by atoms with E-state index in [0.29, 0.717) is 31.8 Å². The molecule has 0 spiro atoms. The summed E-state index contributed by atoms with van der Waals surface area (Å²) in [7, 11) is -4.66. The lowest BCUT2D eigenvalue weighted by Crippen LogP contribution is -2.60. The van der Waals surface area contributed by atoms with E-state index in [1.807, 2.05) is 0 Å². The fraction of sp³-hybridized carbons (Fsp3) is 0.667. The first-order valence-electron chi connectivity index (χ1n) is 24.5. The van der Waals surface area contributed by atoms with E-state index in [9.17, 15) is 71.8 Å². The highest BCUT2D eigenvalue weighted by molar-refractivity contribution is 7.85.